The van der Waals surface area contributed by atoms with Crippen molar-refractivity contribution in [1.82, 2.24) is 0 Å². The molecule has 0 aromatic heterocycles. The summed E-state index contributed by atoms with van der Waals surface area (Å²) in [6, 6.07) is 9.60. The lowest BCUT2D eigenvalue weighted by Gasteiger charge is -2.29. The molecule has 0 aliphatic carbocycles. The van der Waals surface area contributed by atoms with E-state index >= 15 is 0 Å². The van der Waals surface area contributed by atoms with Crippen LogP contribution in [0.5, 0.6) is 0 Å². The maximum absolute atomic E-state index is 4.05. The lowest BCUT2D eigenvalue weighted by Crippen LogP contribution is -2.38. The van der Waals surface area contributed by atoms with Crippen LogP contribution in [0, 0.1) is 41.5 Å². The Labute approximate surface area is 176 Å². The highest BCUT2D eigenvalue weighted by Gasteiger charge is 2.38. The number of benzene rings is 2. The van der Waals surface area contributed by atoms with Crippen molar-refractivity contribution >= 4 is 17.7 Å². The quantitative estimate of drug-likeness (QED) is 0.312. The summed E-state index contributed by atoms with van der Waals surface area (Å²) in [5.74, 6) is 0. The minimum absolute atomic E-state index is 0.269. The molecule has 3 rings (SSSR count). The van der Waals surface area contributed by atoms with Crippen LogP contribution >= 0.6 is 0 Å². The molecule has 0 fully saturated rings. The van der Waals surface area contributed by atoms with Crippen LogP contribution in [0.25, 0.3) is 0 Å². The Morgan fingerprint density at radius 3 is 1.79 bits per heavy atom. The Bertz CT molecular complexity index is 934. The van der Waals surface area contributed by atoms with Crippen molar-refractivity contribution in [3.63, 3.8) is 0 Å². The average molecular weight is 387 g/mol. The van der Waals surface area contributed by atoms with Crippen LogP contribution in [-0.4, -0.2) is 23.0 Å². The zero-order valence-corrected chi connectivity index (χ0v) is 18.8. The summed E-state index contributed by atoms with van der Waals surface area (Å²) in [7, 11) is 0. The molecule has 0 unspecified atom stereocenters. The Kier molecular flexibility index (Phi) is 6.12. The van der Waals surface area contributed by atoms with Gasteiger partial charge in [0.15, 0.2) is 0 Å². The van der Waals surface area contributed by atoms with Gasteiger partial charge in [0.05, 0.1) is 0 Å². The molecule has 0 amide bonds. The zero-order valence-electron chi connectivity index (χ0n) is 18.8. The first kappa shape index (κ1) is 21.1. The minimum atomic E-state index is 0.269. The van der Waals surface area contributed by atoms with Crippen molar-refractivity contribution in [2.75, 3.05) is 4.90 Å². The summed E-state index contributed by atoms with van der Waals surface area (Å²) in [4.78, 5) is 2.36. The van der Waals surface area contributed by atoms with E-state index in [1.54, 1.807) is 0 Å². The van der Waals surface area contributed by atoms with Crippen molar-refractivity contribution < 1.29 is 4.58 Å². The number of aryl methyl sites for hydroxylation is 6. The molecule has 1 aliphatic rings. The summed E-state index contributed by atoms with van der Waals surface area (Å²) in [5, 5.41) is 0. The second kappa shape index (κ2) is 8.41. The van der Waals surface area contributed by atoms with Crippen molar-refractivity contribution in [3.8, 4) is 0 Å². The van der Waals surface area contributed by atoms with Crippen LogP contribution in [0.15, 0.2) is 49.6 Å². The van der Waals surface area contributed by atoms with Gasteiger partial charge in [-0.05, 0) is 41.5 Å². The second-order valence-electron chi connectivity index (χ2n) is 8.52. The Balaban J connectivity index is 2.23. The molecule has 2 heteroatoms. The molecule has 0 N–H and O–H groups in total. The largest absolute Gasteiger partial charge is 0.330 e. The maximum atomic E-state index is 4.05. The summed E-state index contributed by atoms with van der Waals surface area (Å²) >= 11 is 0. The van der Waals surface area contributed by atoms with Crippen LogP contribution in [0.1, 0.15) is 46.2 Å². The maximum Gasteiger partial charge on any atom is 0.207 e. The van der Waals surface area contributed by atoms with Gasteiger partial charge in [-0.1, -0.05) is 69.8 Å². The predicted molar refractivity (Wildman–Crippen MR) is 126 cm³/mol. The van der Waals surface area contributed by atoms with Gasteiger partial charge in [0.2, 0.25) is 6.34 Å². The van der Waals surface area contributed by atoms with Crippen LogP contribution in [0.3, 0.4) is 0 Å². The normalized spacial score (nSPS) is 18.7. The summed E-state index contributed by atoms with van der Waals surface area (Å²) in [6.45, 7) is 21.2. The van der Waals surface area contributed by atoms with Crippen molar-refractivity contribution in [1.29, 1.82) is 0 Å². The Hall–Kier alpha value is -2.61. The molecule has 29 heavy (non-hydrogen) atoms. The number of rotatable bonds is 6. The molecule has 0 spiro atoms. The Morgan fingerprint density at radius 2 is 1.31 bits per heavy atom. The smallest absolute Gasteiger partial charge is 0.207 e. The van der Waals surface area contributed by atoms with Gasteiger partial charge in [-0.2, -0.15) is 0 Å². The third-order valence-corrected chi connectivity index (χ3v) is 5.89. The van der Waals surface area contributed by atoms with Gasteiger partial charge < -0.3 is 9.48 Å². The third kappa shape index (κ3) is 3.94. The van der Waals surface area contributed by atoms with Crippen molar-refractivity contribution in [2.45, 2.75) is 66.5 Å². The van der Waals surface area contributed by atoms with Gasteiger partial charge in [-0.3, -0.25) is 0 Å². The fourth-order valence-electron chi connectivity index (χ4n) is 5.01. The molecule has 2 aromatic rings. The summed E-state index contributed by atoms with van der Waals surface area (Å²) in [5.41, 5.74) is 10.3. The molecule has 2 atom stereocenters. The predicted octanol–water partition coefficient (Wildman–Crippen LogP) is 6.50. The van der Waals surface area contributed by atoms with Gasteiger partial charge in [-0.25, -0.2) is 0 Å². The number of hydrogen-bond donors (Lipinski definition) is 0. The van der Waals surface area contributed by atoms with Crippen LogP contribution in [-0.2, 0) is 0 Å². The van der Waals surface area contributed by atoms with Gasteiger partial charge in [0.1, 0.15) is 12.1 Å². The molecule has 0 radical (unpaired) electrons. The van der Waals surface area contributed by atoms with E-state index in [2.05, 4.69) is 94.8 Å². The first-order valence-electron chi connectivity index (χ1n) is 10.5. The van der Waals surface area contributed by atoms with Crippen LogP contribution in [0.2, 0.25) is 0 Å². The van der Waals surface area contributed by atoms with E-state index in [0.29, 0.717) is 0 Å². The Morgan fingerprint density at radius 1 is 0.828 bits per heavy atom. The molecule has 0 saturated carbocycles. The monoisotopic (exact) mass is 386 g/mol. The molecule has 0 bridgehead atoms. The zero-order chi connectivity index (χ0) is 21.3. The highest BCUT2D eigenvalue weighted by atomic mass is 15.3. The second-order valence-corrected chi connectivity index (χ2v) is 8.52. The van der Waals surface area contributed by atoms with Gasteiger partial charge in [0.25, 0.3) is 0 Å². The van der Waals surface area contributed by atoms with Crippen LogP contribution in [0.4, 0.5) is 11.4 Å². The lowest BCUT2D eigenvalue weighted by atomic mass is 9.96. The molecule has 2 aromatic carbocycles. The van der Waals surface area contributed by atoms with E-state index in [4.69, 9.17) is 0 Å². The van der Waals surface area contributed by atoms with E-state index in [1.165, 1.54) is 44.8 Å². The molecule has 2 nitrogen and oxygen atoms in total. The highest BCUT2D eigenvalue weighted by Crippen LogP contribution is 2.37. The topological polar surface area (TPSA) is 6.25 Å². The molecular formula is C27H34N2. The van der Waals surface area contributed by atoms with Crippen molar-refractivity contribution in [3.05, 3.63) is 83.0 Å². The van der Waals surface area contributed by atoms with E-state index in [0.717, 1.165) is 12.8 Å². The fraction of sp³-hybridized carbons (Fsp3) is 0.370. The van der Waals surface area contributed by atoms with E-state index in [9.17, 15) is 0 Å². The minimum Gasteiger partial charge on any atom is -0.330 e. The molecule has 152 valence electrons. The number of nitrogens with zero attached hydrogens (tertiary/aromatic N) is 2. The van der Waals surface area contributed by atoms with Crippen LogP contribution < -0.4 is 4.90 Å². The van der Waals surface area contributed by atoms with Crippen molar-refractivity contribution in [2.24, 2.45) is 0 Å². The van der Waals surface area contributed by atoms with E-state index < -0.39 is 0 Å². The van der Waals surface area contributed by atoms with E-state index in [1.807, 2.05) is 12.2 Å². The standard InChI is InChI=1S/C27H34N2/c1-9-11-24-25(12-10-2)29(27-22(7)15-19(4)16-23(27)8)17-28(24)26-20(5)13-18(3)14-21(26)6/h9-10,13-16,24-25H,1-2,11-12H2,3-8H3/t24-,25+. The highest BCUT2D eigenvalue weighted by molar-refractivity contribution is 5.83. The fourth-order valence-corrected chi connectivity index (χ4v) is 5.01. The first-order chi connectivity index (χ1) is 13.8. The van der Waals surface area contributed by atoms with Gasteiger partial charge >= 0.3 is 0 Å². The van der Waals surface area contributed by atoms with Gasteiger partial charge in [0, 0.05) is 24.2 Å². The third-order valence-electron chi connectivity index (χ3n) is 5.89. The first-order valence-corrected chi connectivity index (χ1v) is 10.5. The average Bonchev–Trinajstić information content (AvgIpc) is 2.92. The molecule has 0 saturated heterocycles. The molecule has 1 aliphatic heterocycles. The molecular weight excluding hydrogens is 352 g/mol. The number of anilines is 1. The molecule has 1 heterocycles. The van der Waals surface area contributed by atoms with E-state index in [-0.39, 0.29) is 12.1 Å². The lowest BCUT2D eigenvalue weighted by molar-refractivity contribution is -0.473. The SMILES string of the molecule is C=CC[C@@H]1[C@H](CC=C)N(c2c(C)cc(C)cc2C)[C-]=[N+]1c1c(C)cc(C)cc1C. The summed E-state index contributed by atoms with van der Waals surface area (Å²) in [6.07, 6.45) is 9.64. The van der Waals surface area contributed by atoms with Gasteiger partial charge in [-0.15, -0.1) is 13.2 Å². The number of hydrogen-bond acceptors (Lipinski definition) is 1. The summed E-state index contributed by atoms with van der Waals surface area (Å²) < 4.78 is 2.36.